The summed E-state index contributed by atoms with van der Waals surface area (Å²) < 4.78 is 3.18. The van der Waals surface area contributed by atoms with Gasteiger partial charge < -0.3 is 0 Å². The van der Waals surface area contributed by atoms with Crippen molar-refractivity contribution in [2.45, 2.75) is 12.5 Å². The third kappa shape index (κ3) is 4.13. The molecule has 0 aliphatic heterocycles. The highest BCUT2D eigenvalue weighted by molar-refractivity contribution is 9.11. The number of benzene rings is 2. The lowest BCUT2D eigenvalue weighted by molar-refractivity contribution is 0.550. The largest absolute Gasteiger partial charge is 0.271 e. The Morgan fingerprint density at radius 1 is 0.947 bits per heavy atom. The summed E-state index contributed by atoms with van der Waals surface area (Å²) in [5, 5.41) is 0. The molecule has 2 aromatic carbocycles. The van der Waals surface area contributed by atoms with Crippen molar-refractivity contribution in [3.63, 3.8) is 0 Å². The van der Waals surface area contributed by atoms with Crippen molar-refractivity contribution >= 4 is 47.8 Å². The van der Waals surface area contributed by atoms with Crippen LogP contribution < -0.4 is 11.3 Å². The highest BCUT2D eigenvalue weighted by Gasteiger charge is 2.14. The molecule has 2 aromatic rings. The van der Waals surface area contributed by atoms with E-state index in [1.165, 1.54) is 5.56 Å². The van der Waals surface area contributed by atoms with Gasteiger partial charge in [0.05, 0.1) is 6.04 Å². The predicted molar refractivity (Wildman–Crippen MR) is 89.8 cm³/mol. The average Bonchev–Trinajstić information content (AvgIpc) is 2.41. The van der Waals surface area contributed by atoms with Crippen LogP contribution in [0.4, 0.5) is 0 Å². The number of nitrogens with two attached hydrogens (primary N) is 1. The molecule has 0 saturated heterocycles. The first-order valence-electron chi connectivity index (χ1n) is 5.75. The van der Waals surface area contributed by atoms with E-state index in [0.717, 1.165) is 25.4 Å². The van der Waals surface area contributed by atoms with Gasteiger partial charge in [-0.05, 0) is 47.9 Å². The Bertz CT molecular complexity index is 555. The smallest absolute Gasteiger partial charge is 0.0511 e. The average molecular weight is 449 g/mol. The van der Waals surface area contributed by atoms with Gasteiger partial charge in [0.15, 0.2) is 0 Å². The molecule has 0 spiro atoms. The fourth-order valence-electron chi connectivity index (χ4n) is 1.90. The van der Waals surface area contributed by atoms with Crippen LogP contribution in [-0.4, -0.2) is 0 Å². The summed E-state index contributed by atoms with van der Waals surface area (Å²) in [5.41, 5.74) is 5.26. The molecule has 0 fully saturated rings. The third-order valence-electron chi connectivity index (χ3n) is 2.89. The van der Waals surface area contributed by atoms with Crippen LogP contribution >= 0.6 is 47.8 Å². The van der Waals surface area contributed by atoms with Crippen LogP contribution in [0.1, 0.15) is 17.2 Å². The summed E-state index contributed by atoms with van der Waals surface area (Å²) >= 11 is 10.5. The van der Waals surface area contributed by atoms with Gasteiger partial charge in [0.2, 0.25) is 0 Å². The van der Waals surface area contributed by atoms with Crippen molar-refractivity contribution in [2.75, 3.05) is 0 Å². The van der Waals surface area contributed by atoms with Gasteiger partial charge in [-0.15, -0.1) is 0 Å². The second-order valence-electron chi connectivity index (χ2n) is 4.22. The molecule has 1 atom stereocenters. The van der Waals surface area contributed by atoms with Gasteiger partial charge >= 0.3 is 0 Å². The molecule has 0 saturated carbocycles. The van der Waals surface area contributed by atoms with E-state index in [1.807, 2.05) is 24.3 Å². The number of hydrogen-bond donors (Lipinski definition) is 2. The summed E-state index contributed by atoms with van der Waals surface area (Å²) in [4.78, 5) is 0. The van der Waals surface area contributed by atoms with Crippen molar-refractivity contribution in [1.82, 2.24) is 5.43 Å². The monoisotopic (exact) mass is 446 g/mol. The van der Waals surface area contributed by atoms with Crippen molar-refractivity contribution in [1.29, 1.82) is 0 Å². The number of hydrogen-bond acceptors (Lipinski definition) is 2. The fraction of sp³-hybridized carbons (Fsp3) is 0.143. The van der Waals surface area contributed by atoms with E-state index in [9.17, 15) is 0 Å². The number of halogens is 3. The zero-order valence-electron chi connectivity index (χ0n) is 10.0. The molecule has 1 unspecified atom stereocenters. The van der Waals surface area contributed by atoms with Crippen molar-refractivity contribution < 1.29 is 0 Å². The Morgan fingerprint density at radius 3 is 2.21 bits per heavy atom. The standard InChI is InChI=1S/C14H13Br3N2/c15-10-3-1-9(2-4-10)7-14(19-18)12-8-11(16)5-6-13(12)17/h1-6,8,14,19H,7,18H2. The minimum absolute atomic E-state index is 0.0630. The first-order valence-corrected chi connectivity index (χ1v) is 8.13. The minimum atomic E-state index is 0.0630. The lowest BCUT2D eigenvalue weighted by Gasteiger charge is -2.18. The maximum atomic E-state index is 5.71. The molecule has 0 aliphatic rings. The van der Waals surface area contributed by atoms with Gasteiger partial charge in [-0.1, -0.05) is 59.9 Å². The van der Waals surface area contributed by atoms with E-state index in [1.54, 1.807) is 0 Å². The van der Waals surface area contributed by atoms with Gasteiger partial charge in [0, 0.05) is 13.4 Å². The first-order chi connectivity index (χ1) is 9.10. The predicted octanol–water partition coefficient (Wildman–Crippen LogP) is 4.72. The van der Waals surface area contributed by atoms with E-state index in [0.29, 0.717) is 0 Å². The van der Waals surface area contributed by atoms with Crippen LogP contribution in [0.25, 0.3) is 0 Å². The summed E-state index contributed by atoms with van der Waals surface area (Å²) in [7, 11) is 0. The summed E-state index contributed by atoms with van der Waals surface area (Å²) in [6.07, 6.45) is 0.832. The van der Waals surface area contributed by atoms with Gasteiger partial charge in [0.1, 0.15) is 0 Å². The Balaban J connectivity index is 2.24. The first kappa shape index (κ1) is 15.2. The zero-order chi connectivity index (χ0) is 13.8. The van der Waals surface area contributed by atoms with Crippen LogP contribution in [0.5, 0.6) is 0 Å². The van der Waals surface area contributed by atoms with E-state index in [-0.39, 0.29) is 6.04 Å². The van der Waals surface area contributed by atoms with E-state index >= 15 is 0 Å². The van der Waals surface area contributed by atoms with Crippen LogP contribution in [0.2, 0.25) is 0 Å². The molecule has 0 heterocycles. The SMILES string of the molecule is NNC(Cc1ccc(Br)cc1)c1cc(Br)ccc1Br. The van der Waals surface area contributed by atoms with Crippen LogP contribution in [0, 0.1) is 0 Å². The topological polar surface area (TPSA) is 38.0 Å². The molecule has 3 N–H and O–H groups in total. The summed E-state index contributed by atoms with van der Waals surface area (Å²) in [5.74, 6) is 5.71. The highest BCUT2D eigenvalue weighted by Crippen LogP contribution is 2.29. The molecule has 5 heteroatoms. The van der Waals surface area contributed by atoms with E-state index in [2.05, 4.69) is 71.4 Å². The molecule has 0 radical (unpaired) electrons. The van der Waals surface area contributed by atoms with Crippen LogP contribution in [0.15, 0.2) is 55.9 Å². The minimum Gasteiger partial charge on any atom is -0.271 e. The Labute approximate surface area is 138 Å². The van der Waals surface area contributed by atoms with Crippen LogP contribution in [-0.2, 0) is 6.42 Å². The molecular formula is C14H13Br3N2. The zero-order valence-corrected chi connectivity index (χ0v) is 14.8. The molecular weight excluding hydrogens is 436 g/mol. The van der Waals surface area contributed by atoms with Crippen LogP contribution in [0.3, 0.4) is 0 Å². The van der Waals surface area contributed by atoms with Gasteiger partial charge in [-0.2, -0.15) is 0 Å². The van der Waals surface area contributed by atoms with Crippen molar-refractivity contribution in [3.8, 4) is 0 Å². The Hall–Kier alpha value is -0.200. The van der Waals surface area contributed by atoms with Crippen molar-refractivity contribution in [2.24, 2.45) is 5.84 Å². The Morgan fingerprint density at radius 2 is 1.58 bits per heavy atom. The van der Waals surface area contributed by atoms with Crippen molar-refractivity contribution in [3.05, 3.63) is 67.0 Å². The molecule has 2 rings (SSSR count). The molecule has 100 valence electrons. The Kier molecular flexibility index (Phi) is 5.59. The highest BCUT2D eigenvalue weighted by atomic mass is 79.9. The van der Waals surface area contributed by atoms with Gasteiger partial charge in [-0.3, -0.25) is 11.3 Å². The molecule has 0 amide bonds. The molecule has 0 aromatic heterocycles. The second kappa shape index (κ2) is 6.99. The lowest BCUT2D eigenvalue weighted by Crippen LogP contribution is -2.29. The fourth-order valence-corrected chi connectivity index (χ4v) is 3.06. The maximum absolute atomic E-state index is 5.71. The maximum Gasteiger partial charge on any atom is 0.0511 e. The van der Waals surface area contributed by atoms with Gasteiger partial charge in [-0.25, -0.2) is 0 Å². The number of nitrogens with one attached hydrogen (secondary N) is 1. The molecule has 0 bridgehead atoms. The second-order valence-corrected chi connectivity index (χ2v) is 6.90. The molecule has 2 nitrogen and oxygen atoms in total. The molecule has 0 aliphatic carbocycles. The van der Waals surface area contributed by atoms with Gasteiger partial charge in [0.25, 0.3) is 0 Å². The quantitative estimate of drug-likeness (QED) is 0.524. The third-order valence-corrected chi connectivity index (χ3v) is 4.63. The molecule has 19 heavy (non-hydrogen) atoms. The van der Waals surface area contributed by atoms with E-state index in [4.69, 9.17) is 5.84 Å². The number of hydrazine groups is 1. The summed E-state index contributed by atoms with van der Waals surface area (Å²) in [6, 6.07) is 14.4. The lowest BCUT2D eigenvalue weighted by atomic mass is 9.99. The normalized spacial score (nSPS) is 12.4. The summed E-state index contributed by atoms with van der Waals surface area (Å²) in [6.45, 7) is 0. The number of rotatable bonds is 4. The van der Waals surface area contributed by atoms with E-state index < -0.39 is 0 Å².